The van der Waals surface area contributed by atoms with Crippen molar-refractivity contribution in [2.24, 2.45) is 4.99 Å². The van der Waals surface area contributed by atoms with E-state index < -0.39 is 0 Å². The summed E-state index contributed by atoms with van der Waals surface area (Å²) in [5, 5.41) is 7.03. The number of nitrogens with one attached hydrogen (secondary N) is 2. The Morgan fingerprint density at radius 1 is 1.23 bits per heavy atom. The van der Waals surface area contributed by atoms with Crippen molar-refractivity contribution < 1.29 is 4.74 Å². The van der Waals surface area contributed by atoms with Crippen molar-refractivity contribution in [3.05, 3.63) is 30.3 Å². The minimum atomic E-state index is 0.437. The minimum Gasteiger partial charge on any atom is -0.379 e. The van der Waals surface area contributed by atoms with Crippen LogP contribution in [0, 0.1) is 0 Å². The largest absolute Gasteiger partial charge is 0.379 e. The molecule has 2 heterocycles. The Morgan fingerprint density at radius 3 is 2.73 bits per heavy atom. The molecular weight excluding hydrogens is 326 g/mol. The van der Waals surface area contributed by atoms with E-state index in [2.05, 4.69) is 64.6 Å². The van der Waals surface area contributed by atoms with E-state index in [9.17, 15) is 0 Å². The third-order valence-electron chi connectivity index (χ3n) is 5.18. The molecule has 0 aromatic heterocycles. The molecule has 1 aromatic carbocycles. The van der Waals surface area contributed by atoms with Gasteiger partial charge in [0.1, 0.15) is 0 Å². The highest BCUT2D eigenvalue weighted by Crippen LogP contribution is 2.19. The maximum atomic E-state index is 5.44. The van der Waals surface area contributed by atoms with E-state index in [0.29, 0.717) is 12.1 Å². The summed E-state index contributed by atoms with van der Waals surface area (Å²) >= 11 is 0. The van der Waals surface area contributed by atoms with Gasteiger partial charge in [-0.2, -0.15) is 0 Å². The van der Waals surface area contributed by atoms with Crippen molar-refractivity contribution in [3.63, 3.8) is 0 Å². The first kappa shape index (κ1) is 19.0. The van der Waals surface area contributed by atoms with Gasteiger partial charge in [0.2, 0.25) is 0 Å². The number of benzene rings is 1. The Labute approximate surface area is 157 Å². The normalized spacial score (nSPS) is 23.1. The summed E-state index contributed by atoms with van der Waals surface area (Å²) in [4.78, 5) is 9.75. The van der Waals surface area contributed by atoms with Gasteiger partial charge < -0.3 is 20.3 Å². The average molecular weight is 360 g/mol. The summed E-state index contributed by atoms with van der Waals surface area (Å²) in [5.74, 6) is 0.938. The molecule has 0 amide bonds. The van der Waals surface area contributed by atoms with Crippen LogP contribution < -0.4 is 15.5 Å². The third-order valence-corrected chi connectivity index (χ3v) is 5.18. The summed E-state index contributed by atoms with van der Waals surface area (Å²) in [6.45, 7) is 11.9. The molecule has 0 radical (unpaired) electrons. The molecule has 1 aromatic rings. The number of hydrogen-bond acceptors (Lipinski definition) is 4. The van der Waals surface area contributed by atoms with Crippen LogP contribution in [0.4, 0.5) is 5.69 Å². The van der Waals surface area contributed by atoms with E-state index in [1.54, 1.807) is 0 Å². The fraction of sp³-hybridized carbons (Fsp3) is 0.650. The molecule has 6 heteroatoms. The fourth-order valence-corrected chi connectivity index (χ4v) is 3.62. The summed E-state index contributed by atoms with van der Waals surface area (Å²) in [7, 11) is 0. The number of hydrogen-bond donors (Lipinski definition) is 2. The van der Waals surface area contributed by atoms with Crippen LogP contribution in [0.3, 0.4) is 0 Å². The number of morpholine rings is 1. The highest BCUT2D eigenvalue weighted by atomic mass is 16.5. The molecule has 0 saturated carbocycles. The molecule has 2 unspecified atom stereocenters. The SMILES string of the molecule is CCNC(=NCC(C)N1CCOCC1)NC1CCN(c2ccccc2)C1. The van der Waals surface area contributed by atoms with Crippen LogP contribution in [0.15, 0.2) is 35.3 Å². The number of para-hydroxylation sites is 1. The lowest BCUT2D eigenvalue weighted by atomic mass is 10.2. The molecule has 2 aliphatic heterocycles. The van der Waals surface area contributed by atoms with Crippen molar-refractivity contribution in [2.75, 3.05) is 57.4 Å². The van der Waals surface area contributed by atoms with Crippen LogP contribution in [-0.4, -0.2) is 75.4 Å². The molecule has 0 bridgehead atoms. The summed E-state index contributed by atoms with van der Waals surface area (Å²) in [6, 6.07) is 11.5. The highest BCUT2D eigenvalue weighted by molar-refractivity contribution is 5.80. The highest BCUT2D eigenvalue weighted by Gasteiger charge is 2.23. The number of guanidine groups is 1. The first-order valence-corrected chi connectivity index (χ1v) is 9.93. The number of rotatable bonds is 6. The monoisotopic (exact) mass is 359 g/mol. The van der Waals surface area contributed by atoms with Crippen LogP contribution in [0.1, 0.15) is 20.3 Å². The van der Waals surface area contributed by atoms with Crippen molar-refractivity contribution in [1.82, 2.24) is 15.5 Å². The van der Waals surface area contributed by atoms with Gasteiger partial charge in [-0.15, -0.1) is 0 Å². The van der Waals surface area contributed by atoms with E-state index in [4.69, 9.17) is 9.73 Å². The lowest BCUT2D eigenvalue weighted by Gasteiger charge is -2.31. The quantitative estimate of drug-likeness (QED) is 0.596. The van der Waals surface area contributed by atoms with E-state index >= 15 is 0 Å². The molecule has 6 nitrogen and oxygen atoms in total. The molecule has 3 rings (SSSR count). The Kier molecular flexibility index (Phi) is 7.14. The lowest BCUT2D eigenvalue weighted by molar-refractivity contribution is 0.0220. The average Bonchev–Trinajstić information content (AvgIpc) is 3.16. The Hall–Kier alpha value is -1.79. The second-order valence-corrected chi connectivity index (χ2v) is 7.13. The summed E-state index contributed by atoms with van der Waals surface area (Å²) in [5.41, 5.74) is 1.31. The Balaban J connectivity index is 1.51. The molecule has 26 heavy (non-hydrogen) atoms. The molecule has 144 valence electrons. The van der Waals surface area contributed by atoms with Gasteiger partial charge in [0.15, 0.2) is 5.96 Å². The van der Waals surface area contributed by atoms with Gasteiger partial charge in [0.25, 0.3) is 0 Å². The fourth-order valence-electron chi connectivity index (χ4n) is 3.62. The van der Waals surface area contributed by atoms with Gasteiger partial charge in [0, 0.05) is 50.5 Å². The number of nitrogens with zero attached hydrogens (tertiary/aromatic N) is 3. The van der Waals surface area contributed by atoms with E-state index in [1.165, 1.54) is 5.69 Å². The molecule has 2 fully saturated rings. The zero-order valence-corrected chi connectivity index (χ0v) is 16.2. The van der Waals surface area contributed by atoms with Crippen molar-refractivity contribution in [2.45, 2.75) is 32.4 Å². The number of ether oxygens (including phenoxy) is 1. The van der Waals surface area contributed by atoms with Crippen LogP contribution in [-0.2, 0) is 4.74 Å². The smallest absolute Gasteiger partial charge is 0.191 e. The standard InChI is InChI=1S/C20H33N5O/c1-3-21-20(22-15-17(2)24-11-13-26-14-12-24)23-18-9-10-25(16-18)19-7-5-4-6-8-19/h4-8,17-18H,3,9-16H2,1-2H3,(H2,21,22,23). The summed E-state index contributed by atoms with van der Waals surface area (Å²) in [6.07, 6.45) is 1.14. The van der Waals surface area contributed by atoms with Gasteiger partial charge >= 0.3 is 0 Å². The maximum absolute atomic E-state index is 5.44. The predicted molar refractivity (Wildman–Crippen MR) is 108 cm³/mol. The third kappa shape index (κ3) is 5.35. The number of anilines is 1. The molecular formula is C20H33N5O. The molecule has 2 atom stereocenters. The molecule has 2 N–H and O–H groups in total. The predicted octanol–water partition coefficient (Wildman–Crippen LogP) is 1.54. The van der Waals surface area contributed by atoms with Crippen LogP contribution in [0.2, 0.25) is 0 Å². The minimum absolute atomic E-state index is 0.437. The van der Waals surface area contributed by atoms with Crippen molar-refractivity contribution >= 4 is 11.6 Å². The lowest BCUT2D eigenvalue weighted by Crippen LogP contribution is -2.46. The molecule has 0 spiro atoms. The van der Waals surface area contributed by atoms with Crippen molar-refractivity contribution in [3.8, 4) is 0 Å². The summed E-state index contributed by atoms with van der Waals surface area (Å²) < 4.78 is 5.44. The molecule has 2 aliphatic rings. The Morgan fingerprint density at radius 2 is 2.00 bits per heavy atom. The second-order valence-electron chi connectivity index (χ2n) is 7.13. The van der Waals surface area contributed by atoms with E-state index in [0.717, 1.165) is 64.9 Å². The Bertz CT molecular complexity index is 559. The molecule has 2 saturated heterocycles. The second kappa shape index (κ2) is 9.78. The van der Waals surface area contributed by atoms with Crippen LogP contribution >= 0.6 is 0 Å². The van der Waals surface area contributed by atoms with Gasteiger partial charge in [-0.3, -0.25) is 9.89 Å². The molecule has 0 aliphatic carbocycles. The zero-order chi connectivity index (χ0) is 18.2. The van der Waals surface area contributed by atoms with Crippen LogP contribution in [0.5, 0.6) is 0 Å². The first-order valence-electron chi connectivity index (χ1n) is 9.93. The van der Waals surface area contributed by atoms with Gasteiger partial charge in [-0.25, -0.2) is 0 Å². The van der Waals surface area contributed by atoms with Gasteiger partial charge in [-0.1, -0.05) is 18.2 Å². The maximum Gasteiger partial charge on any atom is 0.191 e. The van der Waals surface area contributed by atoms with Crippen LogP contribution in [0.25, 0.3) is 0 Å². The number of aliphatic imine (C=N–C) groups is 1. The van der Waals surface area contributed by atoms with E-state index in [-0.39, 0.29) is 0 Å². The topological polar surface area (TPSA) is 52.1 Å². The van der Waals surface area contributed by atoms with Crippen molar-refractivity contribution in [1.29, 1.82) is 0 Å². The zero-order valence-electron chi connectivity index (χ0n) is 16.2. The van der Waals surface area contributed by atoms with Gasteiger partial charge in [-0.05, 0) is 32.4 Å². The van der Waals surface area contributed by atoms with Gasteiger partial charge in [0.05, 0.1) is 19.8 Å². The van der Waals surface area contributed by atoms with E-state index in [1.807, 2.05) is 0 Å². The first-order chi connectivity index (χ1) is 12.8.